The molecule has 11 rings (SSSR count). The number of nitrogens with zero attached hydrogens (tertiary/aromatic N) is 3. The molecule has 0 atom stereocenters. The van der Waals surface area contributed by atoms with E-state index in [9.17, 15) is 0 Å². The Morgan fingerprint density at radius 2 is 0.937 bits per heavy atom. The molecule has 0 amide bonds. The van der Waals surface area contributed by atoms with E-state index in [2.05, 4.69) is 225 Å². The van der Waals surface area contributed by atoms with Gasteiger partial charge in [0, 0.05) is 39.8 Å². The highest BCUT2D eigenvalue weighted by molar-refractivity contribution is 6.09. The van der Waals surface area contributed by atoms with Gasteiger partial charge in [0.25, 0.3) is 0 Å². The van der Waals surface area contributed by atoms with E-state index in [0.717, 1.165) is 29.5 Å². The summed E-state index contributed by atoms with van der Waals surface area (Å²) >= 11 is 0. The summed E-state index contributed by atoms with van der Waals surface area (Å²) in [4.78, 5) is 9.65. The van der Waals surface area contributed by atoms with Gasteiger partial charge in [0.2, 0.25) is 0 Å². The van der Waals surface area contributed by atoms with Crippen molar-refractivity contribution in [3.63, 3.8) is 0 Å². The molecule has 2 heterocycles. The van der Waals surface area contributed by atoms with Crippen molar-refractivity contribution in [2.24, 2.45) is 0 Å². The summed E-state index contributed by atoms with van der Waals surface area (Å²) in [5.41, 5.74) is 16.7. The molecule has 0 N–H and O–H groups in total. The molecule has 1 aliphatic rings. The van der Waals surface area contributed by atoms with E-state index in [0.29, 0.717) is 5.82 Å². The fourth-order valence-corrected chi connectivity index (χ4v) is 10.7. The molecular formula is C60H47N3. The van der Waals surface area contributed by atoms with Gasteiger partial charge in [0.05, 0.1) is 16.4 Å². The van der Waals surface area contributed by atoms with Crippen molar-refractivity contribution in [3.8, 4) is 27.9 Å². The van der Waals surface area contributed by atoms with Crippen molar-refractivity contribution in [3.05, 3.63) is 257 Å². The smallest absolute Gasteiger partial charge is 0.151 e. The number of rotatable bonds is 10. The summed E-state index contributed by atoms with van der Waals surface area (Å²) in [7, 11) is 0. The number of hydrogen-bond acceptors (Lipinski definition) is 2. The first-order valence-electron chi connectivity index (χ1n) is 22.2. The summed E-state index contributed by atoms with van der Waals surface area (Å²) in [6.07, 6.45) is 10.1. The van der Waals surface area contributed by atoms with Crippen LogP contribution in [0, 0.1) is 0 Å². The topological polar surface area (TPSA) is 30.7 Å². The highest BCUT2D eigenvalue weighted by atomic mass is 15.0. The lowest BCUT2D eigenvalue weighted by molar-refractivity contribution is 0.490. The van der Waals surface area contributed by atoms with Gasteiger partial charge in [-0.1, -0.05) is 196 Å². The van der Waals surface area contributed by atoms with Gasteiger partial charge in [-0.15, -0.1) is 0 Å². The molecule has 0 saturated carbocycles. The zero-order valence-corrected chi connectivity index (χ0v) is 35.6. The molecule has 3 heteroatoms. The largest absolute Gasteiger partial charge is 0.309 e. The molecule has 0 fully saturated rings. The standard InChI is InChI=1S/C60H47N3/c1-3-59(4-2)54-38-42(28-35-50(54)51-36-34-49(39-55(51)59)63-56-26-16-14-24-52(56)53-25-15-17-27-57(53)63)29-37-58-61-40-44(41-62-58)43-30-32-48(33-31-43)60(45-18-8-5-9-19-45,46-20-10-6-11-21-46)47-22-12-7-13-23-47/h5-41H,3-4H2,1-2H3/b37-29+. The maximum atomic E-state index is 4.83. The molecule has 0 bridgehead atoms. The molecule has 63 heavy (non-hydrogen) atoms. The van der Waals surface area contributed by atoms with Crippen molar-refractivity contribution in [2.75, 3.05) is 0 Å². The molecule has 10 aromatic rings. The van der Waals surface area contributed by atoms with Crippen LogP contribution in [0.5, 0.6) is 0 Å². The molecule has 1 aliphatic carbocycles. The first-order chi connectivity index (χ1) is 31.1. The summed E-state index contributed by atoms with van der Waals surface area (Å²) in [6, 6.07) is 73.0. The predicted molar refractivity (Wildman–Crippen MR) is 262 cm³/mol. The third-order valence-corrected chi connectivity index (χ3v) is 13.8. The summed E-state index contributed by atoms with van der Waals surface area (Å²) in [5.74, 6) is 0.684. The minimum atomic E-state index is -0.488. The van der Waals surface area contributed by atoms with Crippen molar-refractivity contribution in [1.29, 1.82) is 0 Å². The van der Waals surface area contributed by atoms with E-state index >= 15 is 0 Å². The predicted octanol–water partition coefficient (Wildman–Crippen LogP) is 14.9. The van der Waals surface area contributed by atoms with Crippen LogP contribution < -0.4 is 0 Å². The van der Waals surface area contributed by atoms with E-state index in [-0.39, 0.29) is 5.41 Å². The fraction of sp³-hybridized carbons (Fsp3) is 0.100. The average molecular weight is 810 g/mol. The highest BCUT2D eigenvalue weighted by Gasteiger charge is 2.41. The summed E-state index contributed by atoms with van der Waals surface area (Å²) in [6.45, 7) is 4.68. The lowest BCUT2D eigenvalue weighted by Crippen LogP contribution is -2.30. The molecule has 2 aromatic heterocycles. The Morgan fingerprint density at radius 1 is 0.460 bits per heavy atom. The van der Waals surface area contributed by atoms with Gasteiger partial charge in [0.15, 0.2) is 5.82 Å². The maximum absolute atomic E-state index is 4.83. The SMILES string of the molecule is CCC1(CC)c2cc(/C=C/c3ncc(-c4ccc(C(c5ccccc5)(c5ccccc5)c5ccccc5)cc4)cn3)ccc2-c2ccc(-n3c4ccccc4c4ccccc43)cc21. The van der Waals surface area contributed by atoms with E-state index < -0.39 is 5.41 Å². The number of para-hydroxylation sites is 2. The summed E-state index contributed by atoms with van der Waals surface area (Å²) in [5, 5.41) is 2.57. The van der Waals surface area contributed by atoms with Gasteiger partial charge in [-0.3, -0.25) is 0 Å². The van der Waals surface area contributed by atoms with Gasteiger partial charge in [-0.05, 0) is 98.8 Å². The Balaban J connectivity index is 0.886. The first kappa shape index (κ1) is 38.3. The zero-order chi connectivity index (χ0) is 42.4. The van der Waals surface area contributed by atoms with E-state index in [4.69, 9.17) is 9.97 Å². The molecule has 0 aliphatic heterocycles. The Kier molecular flexibility index (Phi) is 9.54. The van der Waals surface area contributed by atoms with Crippen LogP contribution in [-0.2, 0) is 10.8 Å². The number of aromatic nitrogens is 3. The van der Waals surface area contributed by atoms with Crippen LogP contribution in [0.3, 0.4) is 0 Å². The second-order valence-electron chi connectivity index (χ2n) is 16.8. The number of hydrogen-bond donors (Lipinski definition) is 0. The third-order valence-electron chi connectivity index (χ3n) is 13.8. The van der Waals surface area contributed by atoms with Crippen molar-refractivity contribution in [1.82, 2.24) is 14.5 Å². The molecule has 8 aromatic carbocycles. The van der Waals surface area contributed by atoms with Crippen LogP contribution in [-0.4, -0.2) is 14.5 Å². The third kappa shape index (κ3) is 6.18. The van der Waals surface area contributed by atoms with Gasteiger partial charge in [-0.25, -0.2) is 9.97 Å². The second-order valence-corrected chi connectivity index (χ2v) is 16.8. The van der Waals surface area contributed by atoms with Crippen LogP contribution in [0.15, 0.2) is 213 Å². The Hall–Kier alpha value is -7.62. The zero-order valence-electron chi connectivity index (χ0n) is 35.6. The van der Waals surface area contributed by atoms with Crippen molar-refractivity contribution in [2.45, 2.75) is 37.5 Å². The van der Waals surface area contributed by atoms with Gasteiger partial charge >= 0.3 is 0 Å². The number of benzene rings is 8. The van der Waals surface area contributed by atoms with Crippen LogP contribution in [0.4, 0.5) is 0 Å². The average Bonchev–Trinajstić information content (AvgIpc) is 3.84. The highest BCUT2D eigenvalue weighted by Crippen LogP contribution is 2.54. The van der Waals surface area contributed by atoms with Crippen molar-refractivity contribution >= 4 is 34.0 Å². The van der Waals surface area contributed by atoms with Crippen LogP contribution in [0.2, 0.25) is 0 Å². The van der Waals surface area contributed by atoms with Crippen LogP contribution in [0.25, 0.3) is 61.9 Å². The summed E-state index contributed by atoms with van der Waals surface area (Å²) < 4.78 is 2.44. The maximum Gasteiger partial charge on any atom is 0.151 e. The monoisotopic (exact) mass is 809 g/mol. The van der Waals surface area contributed by atoms with Gasteiger partial charge < -0.3 is 4.57 Å². The Bertz CT molecular complexity index is 3120. The van der Waals surface area contributed by atoms with Crippen LogP contribution >= 0.6 is 0 Å². The number of fused-ring (bicyclic) bond motifs is 6. The molecule has 0 radical (unpaired) electrons. The van der Waals surface area contributed by atoms with Crippen molar-refractivity contribution < 1.29 is 0 Å². The minimum absolute atomic E-state index is 0.0834. The van der Waals surface area contributed by atoms with Crippen LogP contribution in [0.1, 0.15) is 71.5 Å². The van der Waals surface area contributed by atoms with E-state index in [1.165, 1.54) is 72.0 Å². The minimum Gasteiger partial charge on any atom is -0.309 e. The lowest BCUT2D eigenvalue weighted by atomic mass is 9.65. The van der Waals surface area contributed by atoms with E-state index in [1.54, 1.807) is 0 Å². The lowest BCUT2D eigenvalue weighted by Gasteiger charge is -2.37. The molecule has 0 saturated heterocycles. The Labute approximate surface area is 369 Å². The van der Waals surface area contributed by atoms with Gasteiger partial charge in [0.1, 0.15) is 0 Å². The molecule has 3 nitrogen and oxygen atoms in total. The molecule has 0 spiro atoms. The molecule has 0 unspecified atom stereocenters. The quantitative estimate of drug-likeness (QED) is 0.129. The second kappa shape index (κ2) is 15.7. The Morgan fingerprint density at radius 3 is 1.48 bits per heavy atom. The molecule has 302 valence electrons. The molecular weight excluding hydrogens is 763 g/mol. The first-order valence-corrected chi connectivity index (χ1v) is 22.2. The normalized spacial score (nSPS) is 13.1. The van der Waals surface area contributed by atoms with E-state index in [1.807, 2.05) is 18.5 Å². The van der Waals surface area contributed by atoms with Gasteiger partial charge in [-0.2, -0.15) is 0 Å². The fourth-order valence-electron chi connectivity index (χ4n) is 10.7.